The minimum Gasteiger partial charge on any atom is -0.444 e. The third-order valence-electron chi connectivity index (χ3n) is 3.66. The van der Waals surface area contributed by atoms with Crippen LogP contribution in [0.25, 0.3) is 0 Å². The fraction of sp³-hybridized carbons (Fsp3) is 0.588. The third kappa shape index (κ3) is 5.05. The van der Waals surface area contributed by atoms with E-state index in [4.69, 9.17) is 4.74 Å². The predicted octanol–water partition coefficient (Wildman–Crippen LogP) is 3.18. The standard InChI is InChI=1S/C17H26N2O2/c1-17(2,3)21-16(20)19-12-14-6-4-5-7-15(14)13-8-10-18-11-9-13/h4-7,13,18H,8-12H2,1-3H3,(H,19,20). The van der Waals surface area contributed by atoms with Crippen LogP contribution in [-0.4, -0.2) is 24.8 Å². The molecule has 4 nitrogen and oxygen atoms in total. The lowest BCUT2D eigenvalue weighted by atomic mass is 9.87. The summed E-state index contributed by atoms with van der Waals surface area (Å²) in [7, 11) is 0. The zero-order valence-electron chi connectivity index (χ0n) is 13.2. The molecule has 0 aromatic heterocycles. The van der Waals surface area contributed by atoms with Gasteiger partial charge in [0.15, 0.2) is 0 Å². The Labute approximate surface area is 127 Å². The molecule has 0 atom stereocenters. The fourth-order valence-electron chi connectivity index (χ4n) is 2.71. The first-order chi connectivity index (χ1) is 9.96. The second-order valence-corrected chi connectivity index (χ2v) is 6.58. The van der Waals surface area contributed by atoms with Gasteiger partial charge in [-0.05, 0) is 63.7 Å². The first-order valence-electron chi connectivity index (χ1n) is 7.71. The molecule has 4 heteroatoms. The molecule has 21 heavy (non-hydrogen) atoms. The van der Waals surface area contributed by atoms with Gasteiger partial charge in [0.2, 0.25) is 0 Å². The summed E-state index contributed by atoms with van der Waals surface area (Å²) < 4.78 is 5.28. The van der Waals surface area contributed by atoms with Gasteiger partial charge in [0.05, 0.1) is 0 Å². The van der Waals surface area contributed by atoms with Crippen LogP contribution in [0.5, 0.6) is 0 Å². The van der Waals surface area contributed by atoms with Crippen molar-refractivity contribution < 1.29 is 9.53 Å². The van der Waals surface area contributed by atoms with Crippen molar-refractivity contribution in [2.45, 2.75) is 51.7 Å². The van der Waals surface area contributed by atoms with Gasteiger partial charge in [-0.2, -0.15) is 0 Å². The van der Waals surface area contributed by atoms with E-state index in [0.29, 0.717) is 12.5 Å². The Balaban J connectivity index is 1.98. The first-order valence-corrected chi connectivity index (χ1v) is 7.71. The van der Waals surface area contributed by atoms with E-state index < -0.39 is 5.60 Å². The van der Waals surface area contributed by atoms with Gasteiger partial charge in [0.1, 0.15) is 5.60 Å². The van der Waals surface area contributed by atoms with Crippen LogP contribution in [0.2, 0.25) is 0 Å². The van der Waals surface area contributed by atoms with E-state index in [1.807, 2.05) is 26.8 Å². The van der Waals surface area contributed by atoms with Crippen LogP contribution in [0.4, 0.5) is 4.79 Å². The maximum atomic E-state index is 11.8. The Bertz CT molecular complexity index is 474. The van der Waals surface area contributed by atoms with E-state index in [1.165, 1.54) is 11.1 Å². The number of carbonyl (C=O) groups excluding carboxylic acids is 1. The van der Waals surface area contributed by atoms with Crippen molar-refractivity contribution in [2.75, 3.05) is 13.1 Å². The molecule has 0 bridgehead atoms. The molecule has 0 unspecified atom stereocenters. The van der Waals surface area contributed by atoms with E-state index in [1.54, 1.807) is 0 Å². The Kier molecular flexibility index (Phi) is 5.23. The van der Waals surface area contributed by atoms with Crippen molar-refractivity contribution in [1.82, 2.24) is 10.6 Å². The van der Waals surface area contributed by atoms with Crippen LogP contribution in [-0.2, 0) is 11.3 Å². The van der Waals surface area contributed by atoms with Gasteiger partial charge < -0.3 is 15.4 Å². The number of alkyl carbamates (subject to hydrolysis) is 1. The number of rotatable bonds is 3. The summed E-state index contributed by atoms with van der Waals surface area (Å²) in [5, 5.41) is 6.25. The summed E-state index contributed by atoms with van der Waals surface area (Å²) in [6.45, 7) is 8.27. The van der Waals surface area contributed by atoms with Gasteiger partial charge in [-0.3, -0.25) is 0 Å². The fourth-order valence-corrected chi connectivity index (χ4v) is 2.71. The highest BCUT2D eigenvalue weighted by atomic mass is 16.6. The van der Waals surface area contributed by atoms with Crippen molar-refractivity contribution >= 4 is 6.09 Å². The Morgan fingerprint density at radius 2 is 1.95 bits per heavy atom. The largest absolute Gasteiger partial charge is 0.444 e. The van der Waals surface area contributed by atoms with Crippen molar-refractivity contribution in [3.8, 4) is 0 Å². The molecule has 1 aromatic carbocycles. The average molecular weight is 290 g/mol. The number of benzene rings is 1. The number of amides is 1. The number of hydrogen-bond donors (Lipinski definition) is 2. The Morgan fingerprint density at radius 3 is 2.62 bits per heavy atom. The molecule has 1 aromatic rings. The van der Waals surface area contributed by atoms with Crippen molar-refractivity contribution in [1.29, 1.82) is 0 Å². The normalized spacial score (nSPS) is 16.5. The highest BCUT2D eigenvalue weighted by molar-refractivity contribution is 5.67. The quantitative estimate of drug-likeness (QED) is 0.899. The number of carbonyl (C=O) groups is 1. The molecule has 2 rings (SSSR count). The lowest BCUT2D eigenvalue weighted by molar-refractivity contribution is 0.0523. The van der Waals surface area contributed by atoms with Gasteiger partial charge in [0.25, 0.3) is 0 Å². The number of hydrogen-bond acceptors (Lipinski definition) is 3. The van der Waals surface area contributed by atoms with Gasteiger partial charge in [-0.1, -0.05) is 24.3 Å². The first kappa shape index (κ1) is 15.8. The summed E-state index contributed by atoms with van der Waals surface area (Å²) in [6, 6.07) is 8.38. The smallest absolute Gasteiger partial charge is 0.407 e. The molecule has 0 radical (unpaired) electrons. The summed E-state index contributed by atoms with van der Waals surface area (Å²) in [4.78, 5) is 11.8. The van der Waals surface area contributed by atoms with Crippen LogP contribution in [0.3, 0.4) is 0 Å². The van der Waals surface area contributed by atoms with Crippen molar-refractivity contribution in [2.24, 2.45) is 0 Å². The van der Waals surface area contributed by atoms with Gasteiger partial charge in [0, 0.05) is 6.54 Å². The second-order valence-electron chi connectivity index (χ2n) is 6.58. The third-order valence-corrected chi connectivity index (χ3v) is 3.66. The minimum absolute atomic E-state index is 0.359. The summed E-state index contributed by atoms with van der Waals surface area (Å²) in [6.07, 6.45) is 1.95. The van der Waals surface area contributed by atoms with Crippen LogP contribution < -0.4 is 10.6 Å². The zero-order chi connectivity index (χ0) is 15.3. The predicted molar refractivity (Wildman–Crippen MR) is 84.4 cm³/mol. The average Bonchev–Trinajstić information content (AvgIpc) is 2.45. The summed E-state index contributed by atoms with van der Waals surface area (Å²) >= 11 is 0. The minimum atomic E-state index is -0.460. The summed E-state index contributed by atoms with van der Waals surface area (Å²) in [5.74, 6) is 0.586. The molecule has 2 N–H and O–H groups in total. The van der Waals surface area contributed by atoms with Crippen LogP contribution in [0, 0.1) is 0 Å². The van der Waals surface area contributed by atoms with E-state index in [9.17, 15) is 4.79 Å². The highest BCUT2D eigenvalue weighted by Crippen LogP contribution is 2.28. The molecule has 1 fully saturated rings. The van der Waals surface area contributed by atoms with Crippen LogP contribution >= 0.6 is 0 Å². The molecule has 1 heterocycles. The topological polar surface area (TPSA) is 50.4 Å². The molecule has 0 spiro atoms. The van der Waals surface area contributed by atoms with Crippen molar-refractivity contribution in [3.63, 3.8) is 0 Å². The van der Waals surface area contributed by atoms with E-state index in [-0.39, 0.29) is 6.09 Å². The highest BCUT2D eigenvalue weighted by Gasteiger charge is 2.19. The Morgan fingerprint density at radius 1 is 1.29 bits per heavy atom. The van der Waals surface area contributed by atoms with Crippen LogP contribution in [0.15, 0.2) is 24.3 Å². The molecular formula is C17H26N2O2. The van der Waals surface area contributed by atoms with Gasteiger partial charge >= 0.3 is 6.09 Å². The molecule has 1 amide bonds. The number of nitrogens with one attached hydrogen (secondary N) is 2. The molecule has 0 saturated carbocycles. The molecular weight excluding hydrogens is 264 g/mol. The lowest BCUT2D eigenvalue weighted by Crippen LogP contribution is -2.32. The maximum Gasteiger partial charge on any atom is 0.407 e. The SMILES string of the molecule is CC(C)(C)OC(=O)NCc1ccccc1C1CCNCC1. The zero-order valence-corrected chi connectivity index (χ0v) is 13.2. The second kappa shape index (κ2) is 6.94. The molecule has 116 valence electrons. The number of ether oxygens (including phenoxy) is 1. The van der Waals surface area contributed by atoms with Gasteiger partial charge in [-0.15, -0.1) is 0 Å². The number of piperidine rings is 1. The molecule has 0 aliphatic carbocycles. The van der Waals surface area contributed by atoms with Gasteiger partial charge in [-0.25, -0.2) is 4.79 Å². The van der Waals surface area contributed by atoms with Crippen LogP contribution in [0.1, 0.15) is 50.7 Å². The summed E-state index contributed by atoms with van der Waals surface area (Å²) in [5.41, 5.74) is 2.09. The van der Waals surface area contributed by atoms with E-state index >= 15 is 0 Å². The molecule has 1 aliphatic rings. The Hall–Kier alpha value is -1.55. The molecule has 1 aliphatic heterocycles. The van der Waals surface area contributed by atoms with E-state index in [2.05, 4.69) is 28.8 Å². The maximum absolute atomic E-state index is 11.8. The molecule has 1 saturated heterocycles. The lowest BCUT2D eigenvalue weighted by Gasteiger charge is -2.25. The van der Waals surface area contributed by atoms with E-state index in [0.717, 1.165) is 25.9 Å². The monoisotopic (exact) mass is 290 g/mol. The van der Waals surface area contributed by atoms with Crippen molar-refractivity contribution in [3.05, 3.63) is 35.4 Å².